The van der Waals surface area contributed by atoms with E-state index in [9.17, 15) is 8.42 Å². The molecule has 0 unspecified atom stereocenters. The van der Waals surface area contributed by atoms with Crippen LogP contribution in [0.2, 0.25) is 5.02 Å². The lowest BCUT2D eigenvalue weighted by molar-refractivity contribution is 0.242. The SMILES string of the molecule is COc1ccc(Cl)cc1S(=O)(=O)N(C)CCc1noc(COc2ccccc2)n1. The number of ether oxygens (including phenoxy) is 2. The van der Waals surface area contributed by atoms with Crippen molar-refractivity contribution in [3.63, 3.8) is 0 Å². The number of likely N-dealkylation sites (N-methyl/N-ethyl adjacent to an activating group) is 1. The number of nitrogens with zero attached hydrogens (tertiary/aromatic N) is 3. The lowest BCUT2D eigenvalue weighted by Gasteiger charge is -2.18. The molecule has 0 aliphatic rings. The van der Waals surface area contributed by atoms with Crippen molar-refractivity contribution in [2.45, 2.75) is 17.9 Å². The molecule has 0 amide bonds. The number of rotatable bonds is 9. The van der Waals surface area contributed by atoms with Crippen molar-refractivity contribution in [1.82, 2.24) is 14.4 Å². The van der Waals surface area contributed by atoms with Gasteiger partial charge in [0.1, 0.15) is 16.4 Å². The number of sulfonamides is 1. The van der Waals surface area contributed by atoms with Crippen molar-refractivity contribution in [3.8, 4) is 11.5 Å². The molecule has 0 atom stereocenters. The van der Waals surface area contributed by atoms with E-state index in [1.807, 2.05) is 30.3 Å². The zero-order valence-corrected chi connectivity index (χ0v) is 17.5. The molecule has 0 aliphatic carbocycles. The first-order chi connectivity index (χ1) is 13.9. The van der Waals surface area contributed by atoms with Crippen LogP contribution in [-0.4, -0.2) is 43.6 Å². The Bertz CT molecular complexity index is 1060. The molecular weight excluding hydrogens is 418 g/mol. The molecule has 0 aliphatic heterocycles. The van der Waals surface area contributed by atoms with Crippen molar-refractivity contribution in [2.24, 2.45) is 0 Å². The predicted octanol–water partition coefficient (Wildman–Crippen LogP) is 3.17. The second-order valence-electron chi connectivity index (χ2n) is 6.08. The third-order valence-electron chi connectivity index (χ3n) is 4.08. The molecule has 1 heterocycles. The van der Waals surface area contributed by atoms with E-state index < -0.39 is 10.0 Å². The van der Waals surface area contributed by atoms with Gasteiger partial charge in [0.2, 0.25) is 10.0 Å². The molecule has 154 valence electrons. The van der Waals surface area contributed by atoms with E-state index in [-0.39, 0.29) is 30.2 Å². The van der Waals surface area contributed by atoms with Gasteiger partial charge >= 0.3 is 0 Å². The highest BCUT2D eigenvalue weighted by atomic mass is 35.5. The summed E-state index contributed by atoms with van der Waals surface area (Å²) < 4.78 is 42.7. The maximum absolute atomic E-state index is 12.9. The van der Waals surface area contributed by atoms with E-state index >= 15 is 0 Å². The van der Waals surface area contributed by atoms with Crippen LogP contribution < -0.4 is 9.47 Å². The second-order valence-corrected chi connectivity index (χ2v) is 8.53. The molecule has 0 saturated carbocycles. The maximum Gasteiger partial charge on any atom is 0.264 e. The minimum atomic E-state index is -3.80. The predicted molar refractivity (Wildman–Crippen MR) is 107 cm³/mol. The zero-order chi connectivity index (χ0) is 20.9. The summed E-state index contributed by atoms with van der Waals surface area (Å²) in [7, 11) is -0.930. The van der Waals surface area contributed by atoms with E-state index in [4.69, 9.17) is 25.6 Å². The number of halogens is 1. The van der Waals surface area contributed by atoms with Gasteiger partial charge in [-0.3, -0.25) is 0 Å². The molecule has 10 heteroatoms. The summed E-state index contributed by atoms with van der Waals surface area (Å²) in [6.45, 7) is 0.279. The summed E-state index contributed by atoms with van der Waals surface area (Å²) in [4.78, 5) is 4.23. The van der Waals surface area contributed by atoms with Crippen molar-refractivity contribution in [2.75, 3.05) is 20.7 Å². The average Bonchev–Trinajstić information content (AvgIpc) is 3.19. The van der Waals surface area contributed by atoms with Crippen LogP contribution in [0.4, 0.5) is 0 Å². The fourth-order valence-electron chi connectivity index (χ4n) is 2.51. The van der Waals surface area contributed by atoms with Gasteiger partial charge in [-0.2, -0.15) is 4.98 Å². The summed E-state index contributed by atoms with van der Waals surface area (Å²) in [6, 6.07) is 13.7. The largest absolute Gasteiger partial charge is 0.495 e. The van der Waals surface area contributed by atoms with Gasteiger partial charge in [-0.15, -0.1) is 0 Å². The van der Waals surface area contributed by atoms with Crippen LogP contribution in [0.3, 0.4) is 0 Å². The van der Waals surface area contributed by atoms with Gasteiger partial charge in [0.25, 0.3) is 5.89 Å². The maximum atomic E-state index is 12.9. The quantitative estimate of drug-likeness (QED) is 0.507. The Labute approximate surface area is 174 Å². The zero-order valence-electron chi connectivity index (χ0n) is 15.9. The molecule has 0 saturated heterocycles. The molecule has 0 bridgehead atoms. The standard InChI is InChI=1S/C19H20ClN3O5S/c1-23(29(24,25)17-12-14(20)8-9-16(17)26-2)11-10-18-21-19(28-22-18)13-27-15-6-4-3-5-7-15/h3-9,12H,10-11,13H2,1-2H3. The van der Waals surface area contributed by atoms with Crippen molar-refractivity contribution in [3.05, 3.63) is 65.3 Å². The van der Waals surface area contributed by atoms with Crippen LogP contribution in [0.1, 0.15) is 11.7 Å². The fraction of sp³-hybridized carbons (Fsp3) is 0.263. The molecule has 0 fully saturated rings. The summed E-state index contributed by atoms with van der Waals surface area (Å²) in [5.41, 5.74) is 0. The summed E-state index contributed by atoms with van der Waals surface area (Å²) in [5, 5.41) is 4.17. The van der Waals surface area contributed by atoms with E-state index in [0.717, 1.165) is 0 Å². The number of benzene rings is 2. The highest BCUT2D eigenvalue weighted by Crippen LogP contribution is 2.29. The number of hydrogen-bond acceptors (Lipinski definition) is 7. The first kappa shape index (κ1) is 21.1. The lowest BCUT2D eigenvalue weighted by atomic mass is 10.3. The summed E-state index contributed by atoms with van der Waals surface area (Å²) in [6.07, 6.45) is 0.271. The number of hydrogen-bond donors (Lipinski definition) is 0. The Hall–Kier alpha value is -2.62. The first-order valence-electron chi connectivity index (χ1n) is 8.69. The van der Waals surface area contributed by atoms with Crippen LogP contribution in [-0.2, 0) is 23.1 Å². The molecule has 8 nitrogen and oxygen atoms in total. The first-order valence-corrected chi connectivity index (χ1v) is 10.5. The summed E-state index contributed by atoms with van der Waals surface area (Å²) >= 11 is 5.95. The van der Waals surface area contributed by atoms with Crippen LogP contribution in [0.15, 0.2) is 57.9 Å². The summed E-state index contributed by atoms with van der Waals surface area (Å²) in [5.74, 6) is 1.61. The molecule has 2 aromatic carbocycles. The van der Waals surface area contributed by atoms with Crippen LogP contribution >= 0.6 is 11.6 Å². The molecule has 3 aromatic rings. The Morgan fingerprint density at radius 2 is 1.93 bits per heavy atom. The molecule has 0 radical (unpaired) electrons. The number of para-hydroxylation sites is 1. The van der Waals surface area contributed by atoms with Crippen molar-refractivity contribution >= 4 is 21.6 Å². The molecule has 3 rings (SSSR count). The minimum absolute atomic E-state index is 0.0000575. The Morgan fingerprint density at radius 1 is 1.17 bits per heavy atom. The third-order valence-corrected chi connectivity index (χ3v) is 6.19. The second kappa shape index (κ2) is 9.25. The normalized spacial score (nSPS) is 11.6. The third kappa shape index (κ3) is 5.26. The number of methoxy groups -OCH3 is 1. The number of aromatic nitrogens is 2. The van der Waals surface area contributed by atoms with Crippen molar-refractivity contribution < 1.29 is 22.4 Å². The van der Waals surface area contributed by atoms with Gasteiger partial charge in [-0.25, -0.2) is 12.7 Å². The van der Waals surface area contributed by atoms with E-state index in [1.54, 1.807) is 6.07 Å². The van der Waals surface area contributed by atoms with E-state index in [0.29, 0.717) is 22.5 Å². The van der Waals surface area contributed by atoms with Gasteiger partial charge in [-0.1, -0.05) is 35.0 Å². The van der Waals surface area contributed by atoms with Crippen LogP contribution in [0, 0.1) is 0 Å². The highest BCUT2D eigenvalue weighted by Gasteiger charge is 2.25. The van der Waals surface area contributed by atoms with Gasteiger partial charge in [0.15, 0.2) is 12.4 Å². The molecule has 0 spiro atoms. The van der Waals surface area contributed by atoms with E-state index in [2.05, 4.69) is 10.1 Å². The molecule has 29 heavy (non-hydrogen) atoms. The van der Waals surface area contributed by atoms with Crippen molar-refractivity contribution in [1.29, 1.82) is 0 Å². The lowest BCUT2D eigenvalue weighted by Crippen LogP contribution is -2.29. The van der Waals surface area contributed by atoms with Crippen LogP contribution in [0.25, 0.3) is 0 Å². The Balaban J connectivity index is 1.61. The highest BCUT2D eigenvalue weighted by molar-refractivity contribution is 7.89. The van der Waals surface area contributed by atoms with E-state index in [1.165, 1.54) is 30.6 Å². The smallest absolute Gasteiger partial charge is 0.264 e. The van der Waals surface area contributed by atoms with Gasteiger partial charge in [0.05, 0.1) is 7.11 Å². The monoisotopic (exact) mass is 437 g/mol. The fourth-order valence-corrected chi connectivity index (χ4v) is 4.10. The topological polar surface area (TPSA) is 94.8 Å². The minimum Gasteiger partial charge on any atom is -0.495 e. The Kier molecular flexibility index (Phi) is 6.73. The molecule has 1 aromatic heterocycles. The van der Waals surface area contributed by atoms with Gasteiger partial charge in [0, 0.05) is 25.0 Å². The van der Waals surface area contributed by atoms with Gasteiger partial charge in [-0.05, 0) is 30.3 Å². The average molecular weight is 438 g/mol. The van der Waals surface area contributed by atoms with Gasteiger partial charge < -0.3 is 14.0 Å². The molecule has 0 N–H and O–H groups in total. The molecular formula is C19H20ClN3O5S. The Morgan fingerprint density at radius 3 is 2.66 bits per heavy atom. The van der Waals surface area contributed by atoms with Crippen LogP contribution in [0.5, 0.6) is 11.5 Å².